The third kappa shape index (κ3) is 4.10. The number of aromatic nitrogens is 1. The zero-order valence-corrected chi connectivity index (χ0v) is 14.1. The molecule has 1 unspecified atom stereocenters. The summed E-state index contributed by atoms with van der Waals surface area (Å²) in [5, 5.41) is 13.8. The minimum absolute atomic E-state index is 0.124. The SMILES string of the molecule is CC(C)C(O)C(C)(C)CNC(=O)Cc1c[nH]c2ccc(F)cc12. The highest BCUT2D eigenvalue weighted by Crippen LogP contribution is 2.25. The van der Waals surface area contributed by atoms with E-state index < -0.39 is 11.5 Å². The maximum Gasteiger partial charge on any atom is 0.224 e. The van der Waals surface area contributed by atoms with Crippen LogP contribution in [0.3, 0.4) is 0 Å². The lowest BCUT2D eigenvalue weighted by Crippen LogP contribution is -2.43. The Balaban J connectivity index is 2.00. The average Bonchev–Trinajstić information content (AvgIpc) is 2.86. The van der Waals surface area contributed by atoms with Gasteiger partial charge in [0.15, 0.2) is 0 Å². The third-order valence-corrected chi connectivity index (χ3v) is 4.25. The molecule has 0 saturated heterocycles. The van der Waals surface area contributed by atoms with Crippen molar-refractivity contribution in [1.29, 1.82) is 0 Å². The van der Waals surface area contributed by atoms with Crippen LogP contribution in [-0.4, -0.2) is 28.6 Å². The molecule has 0 bridgehead atoms. The second-order valence-electron chi connectivity index (χ2n) is 7.13. The summed E-state index contributed by atoms with van der Waals surface area (Å²) in [4.78, 5) is 15.2. The van der Waals surface area contributed by atoms with Gasteiger partial charge in [0.2, 0.25) is 5.91 Å². The van der Waals surface area contributed by atoms with Crippen molar-refractivity contribution in [2.75, 3.05) is 6.54 Å². The molecule has 23 heavy (non-hydrogen) atoms. The van der Waals surface area contributed by atoms with Crippen LogP contribution >= 0.6 is 0 Å². The van der Waals surface area contributed by atoms with Crippen molar-refractivity contribution in [3.8, 4) is 0 Å². The van der Waals surface area contributed by atoms with Gasteiger partial charge in [0.25, 0.3) is 0 Å². The summed E-state index contributed by atoms with van der Waals surface area (Å²) >= 11 is 0. The van der Waals surface area contributed by atoms with Gasteiger partial charge in [-0.1, -0.05) is 27.7 Å². The second kappa shape index (κ2) is 6.71. The van der Waals surface area contributed by atoms with Gasteiger partial charge in [0, 0.05) is 29.1 Å². The summed E-state index contributed by atoms with van der Waals surface area (Å²) < 4.78 is 13.4. The molecule has 4 nitrogen and oxygen atoms in total. The molecule has 1 aromatic heterocycles. The Hall–Kier alpha value is -1.88. The molecule has 0 aliphatic carbocycles. The Morgan fingerprint density at radius 2 is 2.09 bits per heavy atom. The van der Waals surface area contributed by atoms with Crippen LogP contribution < -0.4 is 5.32 Å². The number of aliphatic hydroxyl groups excluding tert-OH is 1. The Bertz CT molecular complexity index is 691. The van der Waals surface area contributed by atoms with Crippen LogP contribution in [0.4, 0.5) is 4.39 Å². The van der Waals surface area contributed by atoms with Crippen LogP contribution in [0.2, 0.25) is 0 Å². The van der Waals surface area contributed by atoms with E-state index in [1.54, 1.807) is 12.3 Å². The van der Waals surface area contributed by atoms with E-state index in [2.05, 4.69) is 10.3 Å². The Morgan fingerprint density at radius 1 is 1.39 bits per heavy atom. The van der Waals surface area contributed by atoms with Gasteiger partial charge in [0.1, 0.15) is 5.82 Å². The number of carbonyl (C=O) groups excluding carboxylic acids is 1. The Kier molecular flexibility index (Phi) is 5.09. The van der Waals surface area contributed by atoms with Gasteiger partial charge in [-0.05, 0) is 29.7 Å². The average molecular weight is 320 g/mol. The standard InChI is InChI=1S/C18H25FN2O2/c1-11(2)17(23)18(3,4)10-21-16(22)7-12-9-20-15-6-5-13(19)8-14(12)15/h5-6,8-9,11,17,20,23H,7,10H2,1-4H3,(H,21,22). The number of hydrogen-bond acceptors (Lipinski definition) is 2. The summed E-state index contributed by atoms with van der Waals surface area (Å²) in [6, 6.07) is 4.48. The van der Waals surface area contributed by atoms with E-state index in [-0.39, 0.29) is 24.1 Å². The molecule has 2 aromatic rings. The lowest BCUT2D eigenvalue weighted by molar-refractivity contribution is -0.121. The van der Waals surface area contributed by atoms with Crippen molar-refractivity contribution < 1.29 is 14.3 Å². The van der Waals surface area contributed by atoms with E-state index in [0.29, 0.717) is 6.54 Å². The summed E-state index contributed by atoms with van der Waals surface area (Å²) in [7, 11) is 0. The van der Waals surface area contributed by atoms with Crippen molar-refractivity contribution in [2.45, 2.75) is 40.2 Å². The van der Waals surface area contributed by atoms with Gasteiger partial charge in [-0.25, -0.2) is 4.39 Å². The monoisotopic (exact) mass is 320 g/mol. The second-order valence-corrected chi connectivity index (χ2v) is 7.13. The lowest BCUT2D eigenvalue weighted by Gasteiger charge is -2.33. The van der Waals surface area contributed by atoms with E-state index in [1.165, 1.54) is 12.1 Å². The van der Waals surface area contributed by atoms with Crippen LogP contribution in [-0.2, 0) is 11.2 Å². The molecule has 0 fully saturated rings. The topological polar surface area (TPSA) is 65.1 Å². The fraction of sp³-hybridized carbons (Fsp3) is 0.500. The van der Waals surface area contributed by atoms with Gasteiger partial charge in [-0.3, -0.25) is 4.79 Å². The minimum atomic E-state index is -0.495. The zero-order valence-electron chi connectivity index (χ0n) is 14.1. The molecule has 1 atom stereocenters. The third-order valence-electron chi connectivity index (χ3n) is 4.25. The zero-order chi connectivity index (χ0) is 17.2. The molecule has 1 amide bonds. The molecule has 0 spiro atoms. The predicted octanol–water partition coefficient (Wildman–Crippen LogP) is 3.01. The van der Waals surface area contributed by atoms with Gasteiger partial charge < -0.3 is 15.4 Å². The molecule has 3 N–H and O–H groups in total. The quantitative estimate of drug-likeness (QED) is 0.766. The largest absolute Gasteiger partial charge is 0.392 e. The summed E-state index contributed by atoms with van der Waals surface area (Å²) in [6.45, 7) is 8.16. The smallest absolute Gasteiger partial charge is 0.224 e. The molecule has 5 heteroatoms. The number of aliphatic hydroxyl groups is 1. The van der Waals surface area contributed by atoms with Gasteiger partial charge in [0.05, 0.1) is 12.5 Å². The van der Waals surface area contributed by atoms with Crippen molar-refractivity contribution in [2.24, 2.45) is 11.3 Å². The maximum atomic E-state index is 13.4. The molecule has 2 rings (SSSR count). The number of fused-ring (bicyclic) bond motifs is 1. The molecular weight excluding hydrogens is 295 g/mol. The molecule has 0 radical (unpaired) electrons. The number of carbonyl (C=O) groups is 1. The van der Waals surface area contributed by atoms with Crippen molar-refractivity contribution in [3.05, 3.63) is 35.8 Å². The molecular formula is C18H25FN2O2. The maximum absolute atomic E-state index is 13.4. The van der Waals surface area contributed by atoms with Gasteiger partial charge in [-0.15, -0.1) is 0 Å². The summed E-state index contributed by atoms with van der Waals surface area (Å²) in [5.41, 5.74) is 1.17. The number of aromatic amines is 1. The van der Waals surface area contributed by atoms with Crippen LogP contribution in [0.1, 0.15) is 33.3 Å². The molecule has 0 aliphatic heterocycles. The first kappa shape index (κ1) is 17.5. The van der Waals surface area contributed by atoms with Gasteiger partial charge >= 0.3 is 0 Å². The van der Waals surface area contributed by atoms with E-state index in [0.717, 1.165) is 16.5 Å². The minimum Gasteiger partial charge on any atom is -0.392 e. The summed E-state index contributed by atoms with van der Waals surface area (Å²) in [6.07, 6.45) is 1.42. The first-order chi connectivity index (χ1) is 10.7. The number of benzene rings is 1. The first-order valence-corrected chi connectivity index (χ1v) is 7.91. The van der Waals surface area contributed by atoms with Crippen LogP contribution in [0, 0.1) is 17.2 Å². The fourth-order valence-corrected chi connectivity index (χ4v) is 2.87. The predicted molar refractivity (Wildman–Crippen MR) is 89.6 cm³/mol. The molecule has 126 valence electrons. The number of rotatable bonds is 6. The highest BCUT2D eigenvalue weighted by atomic mass is 19.1. The first-order valence-electron chi connectivity index (χ1n) is 7.91. The molecule has 0 saturated carbocycles. The Labute approximate surface area is 136 Å². The van der Waals surface area contributed by atoms with Crippen molar-refractivity contribution in [3.63, 3.8) is 0 Å². The number of H-pyrrole nitrogens is 1. The number of halogens is 1. The molecule has 0 aliphatic rings. The van der Waals surface area contributed by atoms with Crippen LogP contribution in [0.15, 0.2) is 24.4 Å². The van der Waals surface area contributed by atoms with Crippen molar-refractivity contribution >= 4 is 16.8 Å². The molecule has 1 heterocycles. The van der Waals surface area contributed by atoms with E-state index in [1.807, 2.05) is 27.7 Å². The molecule has 1 aromatic carbocycles. The highest BCUT2D eigenvalue weighted by Gasteiger charge is 2.30. The van der Waals surface area contributed by atoms with Crippen LogP contribution in [0.5, 0.6) is 0 Å². The summed E-state index contributed by atoms with van der Waals surface area (Å²) in [5.74, 6) is -0.336. The fourth-order valence-electron chi connectivity index (χ4n) is 2.87. The number of amides is 1. The van der Waals surface area contributed by atoms with E-state index >= 15 is 0 Å². The van der Waals surface area contributed by atoms with Crippen molar-refractivity contribution in [1.82, 2.24) is 10.3 Å². The normalized spacial score (nSPS) is 13.5. The van der Waals surface area contributed by atoms with Crippen LogP contribution in [0.25, 0.3) is 10.9 Å². The number of hydrogen-bond donors (Lipinski definition) is 3. The van der Waals surface area contributed by atoms with E-state index in [4.69, 9.17) is 0 Å². The highest BCUT2D eigenvalue weighted by molar-refractivity contribution is 5.88. The van der Waals surface area contributed by atoms with E-state index in [9.17, 15) is 14.3 Å². The van der Waals surface area contributed by atoms with Gasteiger partial charge in [-0.2, -0.15) is 0 Å². The lowest BCUT2D eigenvalue weighted by atomic mass is 9.80. The number of nitrogens with one attached hydrogen (secondary N) is 2. The Morgan fingerprint density at radius 3 is 2.74 bits per heavy atom.